The summed E-state index contributed by atoms with van der Waals surface area (Å²) in [7, 11) is 0. The van der Waals surface area contributed by atoms with Crippen molar-refractivity contribution in [3.63, 3.8) is 0 Å². The van der Waals surface area contributed by atoms with Gasteiger partial charge in [-0.05, 0) is 0 Å². The van der Waals surface area contributed by atoms with Gasteiger partial charge in [-0.15, -0.1) is 0 Å². The van der Waals surface area contributed by atoms with Crippen LogP contribution in [0.25, 0.3) is 12.2 Å². The number of hydrogen-bond donors (Lipinski definition) is 0. The fraction of sp³-hybridized carbons (Fsp3) is 0.263. The van der Waals surface area contributed by atoms with Crippen molar-refractivity contribution in [1.29, 1.82) is 0 Å². The van der Waals surface area contributed by atoms with E-state index >= 15 is 0 Å². The number of fused-ring (bicyclic) bond motifs is 2. The van der Waals surface area contributed by atoms with Crippen molar-refractivity contribution in [3.8, 4) is 0 Å². The summed E-state index contributed by atoms with van der Waals surface area (Å²) in [6.07, 6.45) is 5.14. The summed E-state index contributed by atoms with van der Waals surface area (Å²) in [5.41, 5.74) is 12.6. The second kappa shape index (κ2) is 11.0. The minimum absolute atomic E-state index is 0.564. The predicted molar refractivity (Wildman–Crippen MR) is 174 cm³/mol. The van der Waals surface area contributed by atoms with Crippen LogP contribution in [0.1, 0.15) is 68.3 Å². The summed E-state index contributed by atoms with van der Waals surface area (Å²) in [5.74, 6) is -1.29. The topological polar surface area (TPSA) is 0 Å². The van der Waals surface area contributed by atoms with Crippen molar-refractivity contribution in [1.82, 2.24) is 0 Å². The molecule has 2 aliphatic rings. The molecule has 0 bridgehead atoms. The quantitative estimate of drug-likeness (QED) is 0.164. The Labute approximate surface area is 243 Å². The van der Waals surface area contributed by atoms with Gasteiger partial charge in [0.15, 0.2) is 0 Å². The van der Waals surface area contributed by atoms with E-state index in [1.54, 1.807) is 33.4 Å². The molecule has 2 atom stereocenters. The molecule has 0 fully saturated rings. The van der Waals surface area contributed by atoms with Crippen LogP contribution in [0.2, 0.25) is 12.1 Å². The Kier molecular flexibility index (Phi) is 7.62. The normalized spacial score (nSPS) is 19.0. The van der Waals surface area contributed by atoms with E-state index in [9.17, 15) is 0 Å². The van der Waals surface area contributed by atoms with Crippen LogP contribution in [0, 0.1) is 0 Å². The van der Waals surface area contributed by atoms with Crippen molar-refractivity contribution in [2.75, 3.05) is 0 Å². The average molecular weight is 619 g/mol. The van der Waals surface area contributed by atoms with Gasteiger partial charge < -0.3 is 0 Å². The summed E-state index contributed by atoms with van der Waals surface area (Å²) in [6.45, 7) is 10.1. The first kappa shape index (κ1) is 27.6. The second-order valence-corrected chi connectivity index (χ2v) is 44.8. The summed E-state index contributed by atoms with van der Waals surface area (Å²) >= 11 is -4.17. The van der Waals surface area contributed by atoms with E-state index in [2.05, 4.69) is 149 Å². The van der Waals surface area contributed by atoms with E-state index in [0.717, 1.165) is 0 Å². The third-order valence-corrected chi connectivity index (χ3v) is 60.0. The molecular formula is C38H43SiZr. The zero-order valence-corrected chi connectivity index (χ0v) is 28.2. The van der Waals surface area contributed by atoms with Gasteiger partial charge in [-0.1, -0.05) is 0 Å². The van der Waals surface area contributed by atoms with Gasteiger partial charge in [-0.3, -0.25) is 0 Å². The Morgan fingerprint density at radius 3 is 1.30 bits per heavy atom. The molecule has 0 amide bonds. The predicted octanol–water partition coefficient (Wildman–Crippen LogP) is 10.2. The van der Waals surface area contributed by atoms with Crippen LogP contribution in [-0.4, -0.2) is 5.92 Å². The van der Waals surface area contributed by atoms with Crippen molar-refractivity contribution >= 4 is 18.1 Å². The second-order valence-electron chi connectivity index (χ2n) is 12.7. The summed E-state index contributed by atoms with van der Waals surface area (Å²) in [6, 6.07) is 45.0. The van der Waals surface area contributed by atoms with E-state index in [0.29, 0.717) is 7.25 Å². The van der Waals surface area contributed by atoms with Crippen LogP contribution in [0.3, 0.4) is 0 Å². The number of rotatable bonds is 9. The SMILES string of the molecule is CC[SiH](CC)[Zr]([CH2]c1ccccc1)([CH2]c1ccccc1)([CH]1C(C)=Cc2ccccc21)[CH]1C(C)=Cc2ccccc21. The summed E-state index contributed by atoms with van der Waals surface area (Å²) in [5, 5.41) is 0. The summed E-state index contributed by atoms with van der Waals surface area (Å²) in [4.78, 5) is 0. The van der Waals surface area contributed by atoms with Crippen LogP contribution in [0.15, 0.2) is 120 Å². The Balaban J connectivity index is 1.79. The first-order valence-corrected chi connectivity index (χ1v) is 28.1. The van der Waals surface area contributed by atoms with Gasteiger partial charge in [-0.25, -0.2) is 0 Å². The van der Waals surface area contributed by atoms with Crippen LogP contribution in [0.4, 0.5) is 0 Å². The number of hydrogen-bond acceptors (Lipinski definition) is 0. The van der Waals surface area contributed by atoms with Gasteiger partial charge in [0, 0.05) is 0 Å². The molecule has 0 saturated carbocycles. The molecule has 6 rings (SSSR count). The fourth-order valence-corrected chi connectivity index (χ4v) is 69.3. The molecule has 4 aromatic rings. The zero-order valence-electron chi connectivity index (χ0n) is 24.6. The van der Waals surface area contributed by atoms with E-state index in [4.69, 9.17) is 0 Å². The first-order valence-electron chi connectivity index (χ1n) is 15.3. The van der Waals surface area contributed by atoms with Crippen LogP contribution in [0.5, 0.6) is 0 Å². The summed E-state index contributed by atoms with van der Waals surface area (Å²) < 4.78 is 3.72. The molecule has 2 heteroatoms. The van der Waals surface area contributed by atoms with Crippen molar-refractivity contribution in [2.24, 2.45) is 0 Å². The van der Waals surface area contributed by atoms with Gasteiger partial charge in [0.05, 0.1) is 0 Å². The Hall–Kier alpha value is -2.54. The third kappa shape index (κ3) is 4.26. The van der Waals surface area contributed by atoms with Crippen molar-refractivity contribution in [3.05, 3.63) is 154 Å². The van der Waals surface area contributed by atoms with Crippen molar-refractivity contribution in [2.45, 2.75) is 55.3 Å². The molecule has 4 aromatic carbocycles. The molecule has 2 unspecified atom stereocenters. The first-order chi connectivity index (χ1) is 19.5. The molecule has 0 radical (unpaired) electrons. The fourth-order valence-electron chi connectivity index (χ4n) is 9.85. The molecular weight excluding hydrogens is 576 g/mol. The van der Waals surface area contributed by atoms with E-state index in [1.807, 2.05) is 0 Å². The molecule has 0 saturated heterocycles. The molecule has 0 heterocycles. The molecule has 203 valence electrons. The van der Waals surface area contributed by atoms with E-state index < -0.39 is 23.9 Å². The molecule has 2 aliphatic carbocycles. The molecule has 0 spiro atoms. The minimum atomic E-state index is -4.17. The molecule has 0 N–H and O–H groups in total. The van der Waals surface area contributed by atoms with Gasteiger partial charge in [0.2, 0.25) is 0 Å². The zero-order chi connectivity index (χ0) is 27.8. The van der Waals surface area contributed by atoms with Gasteiger partial charge in [0.25, 0.3) is 0 Å². The molecule has 0 nitrogen and oxygen atoms in total. The van der Waals surface area contributed by atoms with E-state index in [1.165, 1.54) is 31.5 Å². The van der Waals surface area contributed by atoms with Gasteiger partial charge in [-0.2, -0.15) is 0 Å². The average Bonchev–Trinajstić information content (AvgIpc) is 3.51. The monoisotopic (exact) mass is 617 g/mol. The Morgan fingerprint density at radius 2 is 0.900 bits per heavy atom. The van der Waals surface area contributed by atoms with Gasteiger partial charge >= 0.3 is 245 Å². The van der Waals surface area contributed by atoms with Crippen LogP contribution >= 0.6 is 0 Å². The Morgan fingerprint density at radius 1 is 0.525 bits per heavy atom. The molecule has 0 aromatic heterocycles. The van der Waals surface area contributed by atoms with Crippen LogP contribution < -0.4 is 0 Å². The molecule has 0 aliphatic heterocycles. The third-order valence-electron chi connectivity index (χ3n) is 10.8. The maximum atomic E-state index is 2.57. The Bertz CT molecular complexity index is 1450. The van der Waals surface area contributed by atoms with Crippen LogP contribution in [-0.2, 0) is 26.2 Å². The maximum absolute atomic E-state index is 4.17. The standard InChI is InChI=1S/2C10H9.2C7H7.C4H11Si.Zr/c2*1-8-6-9-4-2-3-5-10(9)7-8;2*1-7-5-3-2-4-6-7;1-3-5-4-2;/h2*2-7H,1H3;2*2-6H,1H2;5H,3-4H2,1-2H3;. The van der Waals surface area contributed by atoms with Crippen molar-refractivity contribution < 1.29 is 17.9 Å². The number of allylic oxidation sites excluding steroid dienone is 2. The van der Waals surface area contributed by atoms with Gasteiger partial charge in [0.1, 0.15) is 0 Å². The van der Waals surface area contributed by atoms with E-state index in [-0.39, 0.29) is 0 Å². The molecule has 40 heavy (non-hydrogen) atoms. The number of benzene rings is 4.